The van der Waals surface area contributed by atoms with Crippen molar-refractivity contribution < 1.29 is 14.3 Å². The number of aryl methyl sites for hydroxylation is 1. The number of imidazole rings is 1. The topological polar surface area (TPSA) is 88.5 Å². The first-order valence-corrected chi connectivity index (χ1v) is 15.2. The molecule has 1 heterocycles. The molecule has 0 spiro atoms. The van der Waals surface area contributed by atoms with Crippen LogP contribution in [0.3, 0.4) is 0 Å². The Morgan fingerprint density at radius 3 is 2.33 bits per heavy atom. The van der Waals surface area contributed by atoms with E-state index in [-0.39, 0.29) is 17.9 Å². The molecular weight excluding hydrogens is 526 g/mol. The fourth-order valence-electron chi connectivity index (χ4n) is 4.74. The normalized spacial score (nSPS) is 12.9. The van der Waals surface area contributed by atoms with Crippen LogP contribution in [-0.2, 0) is 29.2 Å². The summed E-state index contributed by atoms with van der Waals surface area (Å²) in [5.41, 5.74) is 2.05. The van der Waals surface area contributed by atoms with Gasteiger partial charge in [0.2, 0.25) is 11.8 Å². The van der Waals surface area contributed by atoms with Gasteiger partial charge in [0.05, 0.1) is 12.4 Å². The van der Waals surface area contributed by atoms with Gasteiger partial charge in [0, 0.05) is 31.9 Å². The molecule has 2 aromatic carbocycles. The minimum atomic E-state index is -0.685. The summed E-state index contributed by atoms with van der Waals surface area (Å²) >= 11 is 0. The number of aromatic nitrogens is 2. The molecule has 8 heteroatoms. The van der Waals surface area contributed by atoms with Crippen LogP contribution in [0.4, 0.5) is 0 Å². The molecule has 2 N–H and O–H groups in total. The number of ether oxygens (including phenoxy) is 1. The molecule has 2 atom stereocenters. The number of hydrogen-bond acceptors (Lipinski definition) is 5. The second-order valence-electron chi connectivity index (χ2n) is 11.9. The molecule has 0 radical (unpaired) electrons. The van der Waals surface area contributed by atoms with Gasteiger partial charge in [-0.2, -0.15) is 0 Å². The number of nitrogens with one attached hydrogen (secondary N) is 2. The number of benzene rings is 2. The van der Waals surface area contributed by atoms with Crippen LogP contribution in [0.5, 0.6) is 5.75 Å². The Hall–Kier alpha value is -3.65. The number of hydrogen-bond donors (Lipinski definition) is 2. The van der Waals surface area contributed by atoms with Gasteiger partial charge in [-0.15, -0.1) is 0 Å². The van der Waals surface area contributed by atoms with Crippen LogP contribution < -0.4 is 15.4 Å². The quantitative estimate of drug-likeness (QED) is 0.206. The molecule has 0 aliphatic carbocycles. The Labute approximate surface area is 251 Å². The van der Waals surface area contributed by atoms with Gasteiger partial charge in [0.15, 0.2) is 0 Å². The monoisotopic (exact) mass is 575 g/mol. The first-order chi connectivity index (χ1) is 20.2. The second kappa shape index (κ2) is 17.3. The van der Waals surface area contributed by atoms with Crippen molar-refractivity contribution in [1.82, 2.24) is 25.1 Å². The Morgan fingerprint density at radius 1 is 0.952 bits per heavy atom. The van der Waals surface area contributed by atoms with Gasteiger partial charge < -0.3 is 19.9 Å². The van der Waals surface area contributed by atoms with E-state index in [1.54, 1.807) is 12.5 Å². The third kappa shape index (κ3) is 11.7. The number of rotatable bonds is 18. The molecule has 0 aliphatic rings. The van der Waals surface area contributed by atoms with E-state index in [4.69, 9.17) is 4.74 Å². The minimum Gasteiger partial charge on any atom is -0.489 e. The Kier molecular flexibility index (Phi) is 13.6. The highest BCUT2D eigenvalue weighted by atomic mass is 16.5. The minimum absolute atomic E-state index is 0.101. The molecule has 0 fully saturated rings. The summed E-state index contributed by atoms with van der Waals surface area (Å²) < 4.78 is 7.92. The van der Waals surface area contributed by atoms with E-state index in [1.807, 2.05) is 72.4 Å². The van der Waals surface area contributed by atoms with Crippen LogP contribution in [0.1, 0.15) is 58.1 Å². The van der Waals surface area contributed by atoms with Gasteiger partial charge in [-0.25, -0.2) is 4.98 Å². The number of nitrogens with zero attached hydrogens (tertiary/aromatic N) is 3. The molecule has 228 valence electrons. The van der Waals surface area contributed by atoms with Gasteiger partial charge >= 0.3 is 0 Å². The van der Waals surface area contributed by atoms with Crippen molar-refractivity contribution in [3.8, 4) is 5.75 Å². The first-order valence-electron chi connectivity index (χ1n) is 15.2. The smallest absolute Gasteiger partial charge is 0.242 e. The predicted octanol–water partition coefficient (Wildman–Crippen LogP) is 5.09. The Balaban J connectivity index is 1.67. The Bertz CT molecular complexity index is 1180. The lowest BCUT2D eigenvalue weighted by Crippen LogP contribution is -2.54. The number of likely N-dealkylation sites (N-methyl/N-ethyl adjacent to an activating group) is 1. The van der Waals surface area contributed by atoms with Gasteiger partial charge in [0.1, 0.15) is 18.4 Å². The van der Waals surface area contributed by atoms with E-state index in [9.17, 15) is 9.59 Å². The molecule has 3 rings (SSSR count). The predicted molar refractivity (Wildman–Crippen MR) is 168 cm³/mol. The van der Waals surface area contributed by atoms with Crippen molar-refractivity contribution in [3.05, 3.63) is 84.4 Å². The highest BCUT2D eigenvalue weighted by Gasteiger charge is 2.29. The zero-order chi connectivity index (χ0) is 30.3. The summed E-state index contributed by atoms with van der Waals surface area (Å²) in [4.78, 5) is 33.3. The van der Waals surface area contributed by atoms with Crippen LogP contribution >= 0.6 is 0 Å². The van der Waals surface area contributed by atoms with Gasteiger partial charge in [-0.05, 0) is 68.0 Å². The maximum absolute atomic E-state index is 13.7. The van der Waals surface area contributed by atoms with Crippen molar-refractivity contribution >= 4 is 11.8 Å². The molecule has 0 saturated heterocycles. The summed E-state index contributed by atoms with van der Waals surface area (Å²) in [6.07, 6.45) is 8.32. The second-order valence-corrected chi connectivity index (χ2v) is 11.9. The van der Waals surface area contributed by atoms with Gasteiger partial charge in [0.25, 0.3) is 0 Å². The van der Waals surface area contributed by atoms with Crippen molar-refractivity contribution in [3.63, 3.8) is 0 Å². The molecule has 0 saturated carbocycles. The van der Waals surface area contributed by atoms with Crippen molar-refractivity contribution in [1.29, 1.82) is 0 Å². The van der Waals surface area contributed by atoms with Crippen LogP contribution in [0.2, 0.25) is 0 Å². The van der Waals surface area contributed by atoms with Crippen LogP contribution in [0.25, 0.3) is 0 Å². The maximum atomic E-state index is 13.7. The SMILES string of the molecule is CC(C)CCN(C)[C@@H](CC(C)C)C(=O)N[C@@H](Cc1ccc(OCc2ccccc2)cc1)C(=O)NCCCn1ccnc1. The Morgan fingerprint density at radius 2 is 1.69 bits per heavy atom. The molecular formula is C34H49N5O3. The third-order valence-electron chi connectivity index (χ3n) is 7.28. The zero-order valence-corrected chi connectivity index (χ0v) is 26.0. The lowest BCUT2D eigenvalue weighted by Gasteiger charge is -2.30. The van der Waals surface area contributed by atoms with Crippen LogP contribution in [0, 0.1) is 11.8 Å². The molecule has 0 unspecified atom stereocenters. The molecule has 3 aromatic rings. The van der Waals surface area contributed by atoms with Crippen molar-refractivity contribution in [2.24, 2.45) is 11.8 Å². The average molecular weight is 576 g/mol. The molecule has 0 bridgehead atoms. The van der Waals surface area contributed by atoms with E-state index < -0.39 is 6.04 Å². The zero-order valence-electron chi connectivity index (χ0n) is 26.0. The van der Waals surface area contributed by atoms with Crippen LogP contribution in [0.15, 0.2) is 73.3 Å². The summed E-state index contributed by atoms with van der Waals surface area (Å²) in [5, 5.41) is 6.16. The van der Waals surface area contributed by atoms with E-state index >= 15 is 0 Å². The maximum Gasteiger partial charge on any atom is 0.242 e. The fourth-order valence-corrected chi connectivity index (χ4v) is 4.74. The number of amides is 2. The van der Waals surface area contributed by atoms with E-state index in [0.717, 1.165) is 49.2 Å². The standard InChI is InChI=1S/C34H49N5O3/c1-26(2)16-20-38(5)32(22-27(3)4)34(41)37-31(33(40)36-17-9-19-39-21-18-35-25-39)23-28-12-14-30(15-13-28)42-24-29-10-7-6-8-11-29/h6-8,10-15,18,21,25-27,31-32H,9,16-17,19-20,22-24H2,1-5H3,(H,36,40)(H,37,41)/t31-,32-/m0/s1. The largest absolute Gasteiger partial charge is 0.489 e. The first kappa shape index (κ1) is 32.9. The van der Waals surface area contributed by atoms with Gasteiger partial charge in [-0.3, -0.25) is 14.5 Å². The van der Waals surface area contributed by atoms with Crippen molar-refractivity contribution in [2.75, 3.05) is 20.1 Å². The van der Waals surface area contributed by atoms with Gasteiger partial charge in [-0.1, -0.05) is 70.2 Å². The third-order valence-corrected chi connectivity index (χ3v) is 7.28. The molecule has 2 amide bonds. The lowest BCUT2D eigenvalue weighted by atomic mass is 9.99. The van der Waals surface area contributed by atoms with Crippen LogP contribution in [-0.4, -0.2) is 58.5 Å². The summed E-state index contributed by atoms with van der Waals surface area (Å²) in [6, 6.07) is 16.8. The molecule has 0 aliphatic heterocycles. The average Bonchev–Trinajstić information content (AvgIpc) is 3.50. The van der Waals surface area contributed by atoms with Crippen molar-refractivity contribution in [2.45, 2.75) is 78.6 Å². The highest BCUT2D eigenvalue weighted by molar-refractivity contribution is 5.90. The molecule has 8 nitrogen and oxygen atoms in total. The van der Waals surface area contributed by atoms with E-state index in [0.29, 0.717) is 31.4 Å². The lowest BCUT2D eigenvalue weighted by molar-refractivity contribution is -0.132. The summed E-state index contributed by atoms with van der Waals surface area (Å²) in [7, 11) is 2.01. The van der Waals surface area contributed by atoms with E-state index in [2.05, 4.69) is 48.2 Å². The number of carbonyl (C=O) groups is 2. The summed E-state index contributed by atoms with van der Waals surface area (Å²) in [6.45, 7) is 11.2. The highest BCUT2D eigenvalue weighted by Crippen LogP contribution is 2.17. The molecule has 42 heavy (non-hydrogen) atoms. The van der Waals surface area contributed by atoms with E-state index in [1.165, 1.54) is 0 Å². The molecule has 1 aromatic heterocycles. The fraction of sp³-hybridized carbons (Fsp3) is 0.500. The number of carbonyl (C=O) groups excluding carboxylic acids is 2. The summed E-state index contributed by atoms with van der Waals surface area (Å²) in [5.74, 6) is 1.38.